The third kappa shape index (κ3) is 3.07. The summed E-state index contributed by atoms with van der Waals surface area (Å²) in [4.78, 5) is 4.93. The summed E-state index contributed by atoms with van der Waals surface area (Å²) in [5, 5.41) is 14.2. The number of nitrogen functional groups attached to an aromatic ring is 1. The van der Waals surface area contributed by atoms with E-state index < -0.39 is 0 Å². The molecule has 0 saturated carbocycles. The number of hydrogen-bond acceptors (Lipinski definition) is 7. The molecule has 2 aromatic rings. The maximum Gasteiger partial charge on any atom is 0.161 e. The highest BCUT2D eigenvalue weighted by molar-refractivity contribution is 5.74. The molecule has 0 radical (unpaired) electrons. The van der Waals surface area contributed by atoms with Crippen molar-refractivity contribution in [3.8, 4) is 0 Å². The summed E-state index contributed by atoms with van der Waals surface area (Å²) in [6.07, 6.45) is 5.99. The van der Waals surface area contributed by atoms with Crippen LogP contribution in [-0.2, 0) is 4.74 Å². The molecule has 4 heterocycles. The smallest absolute Gasteiger partial charge is 0.161 e. The first-order chi connectivity index (χ1) is 12.2. The quantitative estimate of drug-likeness (QED) is 0.853. The van der Waals surface area contributed by atoms with Crippen LogP contribution in [0.3, 0.4) is 0 Å². The Balaban J connectivity index is 1.61. The van der Waals surface area contributed by atoms with Gasteiger partial charge in [0.05, 0.1) is 18.5 Å². The Morgan fingerprint density at radius 2 is 2.28 bits per heavy atom. The van der Waals surface area contributed by atoms with Crippen molar-refractivity contribution in [3.63, 3.8) is 0 Å². The van der Waals surface area contributed by atoms with Crippen LogP contribution in [0.4, 0.5) is 5.82 Å². The molecule has 3 N–H and O–H groups in total. The van der Waals surface area contributed by atoms with E-state index in [2.05, 4.69) is 15.5 Å². The first kappa shape index (κ1) is 16.3. The fourth-order valence-corrected chi connectivity index (χ4v) is 3.76. The normalized spacial score (nSPS) is 26.6. The van der Waals surface area contributed by atoms with Gasteiger partial charge in [-0.05, 0) is 12.8 Å². The van der Waals surface area contributed by atoms with E-state index in [0.29, 0.717) is 17.8 Å². The van der Waals surface area contributed by atoms with Gasteiger partial charge in [0.25, 0.3) is 0 Å². The summed E-state index contributed by atoms with van der Waals surface area (Å²) in [6.45, 7) is 2.49. The molecule has 8 nitrogen and oxygen atoms in total. The molecule has 0 aliphatic carbocycles. The van der Waals surface area contributed by atoms with Gasteiger partial charge in [0.15, 0.2) is 5.65 Å². The van der Waals surface area contributed by atoms with Gasteiger partial charge in [-0.15, -0.1) is 0 Å². The van der Waals surface area contributed by atoms with E-state index in [9.17, 15) is 0 Å². The van der Waals surface area contributed by atoms with Crippen molar-refractivity contribution in [3.05, 3.63) is 23.5 Å². The molecular formula is C17H25N7O. The number of nitrogens with zero attached hydrogens (tertiary/aromatic N) is 5. The number of hydrazone groups is 1. The van der Waals surface area contributed by atoms with Crippen LogP contribution in [0.1, 0.15) is 35.9 Å². The molecule has 2 aromatic heterocycles. The van der Waals surface area contributed by atoms with Crippen molar-refractivity contribution >= 4 is 17.7 Å². The first-order valence-electron chi connectivity index (χ1n) is 8.77. The summed E-state index contributed by atoms with van der Waals surface area (Å²) in [5.41, 5.74) is 9.23. The lowest BCUT2D eigenvalue weighted by molar-refractivity contribution is 0.150. The third-order valence-electron chi connectivity index (χ3n) is 5.15. The van der Waals surface area contributed by atoms with Crippen LogP contribution in [0.25, 0.3) is 5.65 Å². The van der Waals surface area contributed by atoms with Crippen LogP contribution < -0.4 is 11.1 Å². The summed E-state index contributed by atoms with van der Waals surface area (Å²) >= 11 is 0. The lowest BCUT2D eigenvalue weighted by Crippen LogP contribution is -2.41. The van der Waals surface area contributed by atoms with E-state index in [4.69, 9.17) is 15.5 Å². The van der Waals surface area contributed by atoms with Gasteiger partial charge in [0.2, 0.25) is 0 Å². The zero-order chi connectivity index (χ0) is 17.4. The van der Waals surface area contributed by atoms with Crippen LogP contribution in [0.2, 0.25) is 0 Å². The number of nitrogens with two attached hydrogens (primary N) is 1. The van der Waals surface area contributed by atoms with Gasteiger partial charge in [-0.3, -0.25) is 5.01 Å². The zero-order valence-corrected chi connectivity index (χ0v) is 14.7. The maximum absolute atomic E-state index is 6.25. The van der Waals surface area contributed by atoms with Gasteiger partial charge in [0, 0.05) is 63.0 Å². The molecule has 0 bridgehead atoms. The first-order valence-corrected chi connectivity index (χ1v) is 8.77. The minimum Gasteiger partial charge on any atom is -0.384 e. The van der Waals surface area contributed by atoms with E-state index >= 15 is 0 Å². The highest BCUT2D eigenvalue weighted by Gasteiger charge is 2.26. The molecule has 8 heteroatoms. The Hall–Kier alpha value is -2.19. The highest BCUT2D eigenvalue weighted by atomic mass is 16.5. The molecule has 0 spiro atoms. The van der Waals surface area contributed by atoms with Gasteiger partial charge in [-0.25, -0.2) is 4.98 Å². The average Bonchev–Trinajstić information content (AvgIpc) is 3.22. The minimum atomic E-state index is 0.209. The lowest BCUT2D eigenvalue weighted by Gasteiger charge is -2.29. The van der Waals surface area contributed by atoms with Gasteiger partial charge in [-0.1, -0.05) is 0 Å². The molecule has 2 aliphatic rings. The SMILES string of the molecule is COC[C@@H]1CC[C@H](c2cc(N)n3ncc(C4C=NN(C)C4)c3n2)CN1. The number of piperidine rings is 1. The molecule has 1 unspecified atom stereocenters. The molecule has 25 heavy (non-hydrogen) atoms. The summed E-state index contributed by atoms with van der Waals surface area (Å²) < 4.78 is 6.98. The van der Waals surface area contributed by atoms with Crippen LogP contribution in [0, 0.1) is 0 Å². The molecule has 1 saturated heterocycles. The number of hydrogen-bond donors (Lipinski definition) is 2. The van der Waals surface area contributed by atoms with Crippen molar-refractivity contribution in [1.82, 2.24) is 24.9 Å². The van der Waals surface area contributed by atoms with Crippen molar-refractivity contribution < 1.29 is 4.74 Å². The fourth-order valence-electron chi connectivity index (χ4n) is 3.76. The number of likely N-dealkylation sites (N-methyl/N-ethyl adjacent to an activating group) is 1. The van der Waals surface area contributed by atoms with E-state index in [1.807, 2.05) is 30.5 Å². The topological polar surface area (TPSA) is 93.1 Å². The molecule has 134 valence electrons. The summed E-state index contributed by atoms with van der Waals surface area (Å²) in [7, 11) is 3.72. The molecule has 2 aliphatic heterocycles. The van der Waals surface area contributed by atoms with E-state index in [-0.39, 0.29) is 5.92 Å². The summed E-state index contributed by atoms with van der Waals surface area (Å²) in [5.74, 6) is 1.21. The van der Waals surface area contributed by atoms with Gasteiger partial charge < -0.3 is 15.8 Å². The minimum absolute atomic E-state index is 0.209. The van der Waals surface area contributed by atoms with Crippen molar-refractivity contribution in [1.29, 1.82) is 0 Å². The number of methoxy groups -OCH3 is 1. The second-order valence-electron chi connectivity index (χ2n) is 6.99. The molecular weight excluding hydrogens is 318 g/mol. The Morgan fingerprint density at radius 1 is 1.40 bits per heavy atom. The number of aromatic nitrogens is 3. The second-order valence-corrected chi connectivity index (χ2v) is 6.99. The van der Waals surface area contributed by atoms with E-state index in [1.165, 1.54) is 0 Å². The van der Waals surface area contributed by atoms with Crippen molar-refractivity contribution in [2.75, 3.05) is 39.6 Å². The van der Waals surface area contributed by atoms with Crippen LogP contribution in [0.15, 0.2) is 17.4 Å². The van der Waals surface area contributed by atoms with Crippen LogP contribution in [0.5, 0.6) is 0 Å². The van der Waals surface area contributed by atoms with Gasteiger partial charge >= 0.3 is 0 Å². The molecule has 4 rings (SSSR count). The van der Waals surface area contributed by atoms with E-state index in [0.717, 1.165) is 49.4 Å². The highest BCUT2D eigenvalue weighted by Crippen LogP contribution is 2.29. The molecule has 0 amide bonds. The predicted molar refractivity (Wildman–Crippen MR) is 96.9 cm³/mol. The third-order valence-corrected chi connectivity index (χ3v) is 5.15. The molecule has 0 aromatic carbocycles. The Labute approximate surface area is 147 Å². The maximum atomic E-state index is 6.25. The van der Waals surface area contributed by atoms with Crippen molar-refractivity contribution in [2.45, 2.75) is 30.7 Å². The fraction of sp³-hybridized carbons (Fsp3) is 0.588. The molecule has 3 atom stereocenters. The second kappa shape index (κ2) is 6.61. The van der Waals surface area contributed by atoms with Crippen LogP contribution in [-0.4, -0.2) is 65.7 Å². The number of anilines is 1. The molecule has 1 fully saturated rings. The van der Waals surface area contributed by atoms with Crippen LogP contribution >= 0.6 is 0 Å². The number of nitrogens with one attached hydrogen (secondary N) is 1. The Bertz CT molecular complexity index is 779. The lowest BCUT2D eigenvalue weighted by atomic mass is 9.92. The monoisotopic (exact) mass is 343 g/mol. The predicted octanol–water partition coefficient (Wildman–Crippen LogP) is 0.808. The number of rotatable bonds is 4. The largest absolute Gasteiger partial charge is 0.384 e. The Morgan fingerprint density at radius 3 is 2.96 bits per heavy atom. The Kier molecular flexibility index (Phi) is 4.30. The number of fused-ring (bicyclic) bond motifs is 1. The van der Waals surface area contributed by atoms with Gasteiger partial charge in [0.1, 0.15) is 5.82 Å². The zero-order valence-electron chi connectivity index (χ0n) is 14.7. The van der Waals surface area contributed by atoms with Crippen molar-refractivity contribution in [2.24, 2.45) is 5.10 Å². The average molecular weight is 343 g/mol. The standard InChI is InChI=1S/C17H25N7O/c1-23-9-12(7-20-23)14-8-21-24-16(18)5-15(22-17(14)24)11-3-4-13(10-25-2)19-6-11/h5,7-8,11-13,19H,3-4,6,9-10,18H2,1-2H3/t11-,12?,13-/m0/s1. The van der Waals surface area contributed by atoms with E-state index in [1.54, 1.807) is 11.6 Å². The summed E-state index contributed by atoms with van der Waals surface area (Å²) in [6, 6.07) is 2.39. The van der Waals surface area contributed by atoms with Gasteiger partial charge in [-0.2, -0.15) is 14.7 Å². The number of ether oxygens (including phenoxy) is 1.